The number of hydrogen-bond donors (Lipinski definition) is 2. The highest BCUT2D eigenvalue weighted by atomic mass is 19.1. The molecule has 2 N–H and O–H groups in total. The van der Waals surface area contributed by atoms with Gasteiger partial charge in [0.2, 0.25) is 5.91 Å². The fourth-order valence-corrected chi connectivity index (χ4v) is 2.61. The highest BCUT2D eigenvalue weighted by Crippen LogP contribution is 2.11. The lowest BCUT2D eigenvalue weighted by Gasteiger charge is -2.09. The van der Waals surface area contributed by atoms with Crippen LogP contribution in [0.25, 0.3) is 0 Å². The molecule has 5 nitrogen and oxygen atoms in total. The van der Waals surface area contributed by atoms with Crippen LogP contribution < -0.4 is 15.4 Å². The summed E-state index contributed by atoms with van der Waals surface area (Å²) in [7, 11) is 0. The van der Waals surface area contributed by atoms with Crippen molar-refractivity contribution in [1.29, 1.82) is 0 Å². The summed E-state index contributed by atoms with van der Waals surface area (Å²) in [5.74, 6) is -0.166. The average molecular weight is 372 g/mol. The van der Waals surface area contributed by atoms with Crippen molar-refractivity contribution in [2.45, 2.75) is 26.7 Å². The fraction of sp³-hybridized carbons (Fsp3) is 0.333. The lowest BCUT2D eigenvalue weighted by atomic mass is 10.1. The van der Waals surface area contributed by atoms with Gasteiger partial charge < -0.3 is 15.4 Å². The smallest absolute Gasteiger partial charge is 0.251 e. The number of carbonyl (C=O) groups excluding carboxylic acids is 2. The third-order valence-corrected chi connectivity index (χ3v) is 3.87. The average Bonchev–Trinajstić information content (AvgIpc) is 2.63. The van der Waals surface area contributed by atoms with Crippen molar-refractivity contribution < 1.29 is 18.7 Å². The van der Waals surface area contributed by atoms with E-state index in [1.165, 1.54) is 12.1 Å². The van der Waals surface area contributed by atoms with E-state index in [0.29, 0.717) is 24.5 Å². The zero-order chi connectivity index (χ0) is 19.6. The minimum atomic E-state index is -0.297. The maximum atomic E-state index is 12.8. The van der Waals surface area contributed by atoms with Crippen molar-refractivity contribution in [3.63, 3.8) is 0 Å². The second-order valence-corrected chi connectivity index (χ2v) is 6.42. The third-order valence-electron chi connectivity index (χ3n) is 3.87. The van der Waals surface area contributed by atoms with Crippen LogP contribution in [0.4, 0.5) is 4.39 Å². The van der Waals surface area contributed by atoms with E-state index < -0.39 is 0 Å². The van der Waals surface area contributed by atoms with Gasteiger partial charge in [-0.1, -0.05) is 17.2 Å². The summed E-state index contributed by atoms with van der Waals surface area (Å²) in [6.45, 7) is 4.79. The van der Waals surface area contributed by atoms with Crippen molar-refractivity contribution in [2.24, 2.45) is 0 Å². The van der Waals surface area contributed by atoms with Gasteiger partial charge in [0, 0.05) is 12.1 Å². The summed E-state index contributed by atoms with van der Waals surface area (Å²) >= 11 is 0. The molecular formula is C21H25FN2O3. The first-order valence-corrected chi connectivity index (χ1v) is 8.95. The molecule has 0 aliphatic rings. The summed E-state index contributed by atoms with van der Waals surface area (Å²) in [6.07, 6.45) is 1.50. The van der Waals surface area contributed by atoms with Crippen molar-refractivity contribution >= 4 is 11.8 Å². The first-order valence-electron chi connectivity index (χ1n) is 8.95. The summed E-state index contributed by atoms with van der Waals surface area (Å²) in [6, 6.07) is 11.4. The number of hydrogen-bond acceptors (Lipinski definition) is 3. The maximum absolute atomic E-state index is 12.8. The van der Waals surface area contributed by atoms with Crippen LogP contribution in [0.15, 0.2) is 42.5 Å². The van der Waals surface area contributed by atoms with Crippen LogP contribution >= 0.6 is 0 Å². The Morgan fingerprint density at radius 3 is 2.30 bits per heavy atom. The Labute approximate surface area is 158 Å². The molecule has 0 bridgehead atoms. The molecule has 0 saturated heterocycles. The normalized spacial score (nSPS) is 10.3. The molecule has 2 aromatic carbocycles. The number of nitrogens with one attached hydrogen (secondary N) is 2. The Balaban J connectivity index is 1.58. The molecular weight excluding hydrogens is 347 g/mol. The summed E-state index contributed by atoms with van der Waals surface area (Å²) in [4.78, 5) is 23.9. The monoisotopic (exact) mass is 372 g/mol. The van der Waals surface area contributed by atoms with Crippen molar-refractivity contribution in [1.82, 2.24) is 10.6 Å². The van der Waals surface area contributed by atoms with Gasteiger partial charge in [-0.3, -0.25) is 9.59 Å². The molecule has 2 aromatic rings. The summed E-state index contributed by atoms with van der Waals surface area (Å²) in [5.41, 5.74) is 2.57. The van der Waals surface area contributed by atoms with Gasteiger partial charge in [0.1, 0.15) is 11.6 Å². The van der Waals surface area contributed by atoms with Crippen molar-refractivity contribution in [3.05, 3.63) is 65.0 Å². The van der Waals surface area contributed by atoms with Crippen molar-refractivity contribution in [3.8, 4) is 5.75 Å². The van der Waals surface area contributed by atoms with Crippen molar-refractivity contribution in [2.75, 3.05) is 19.7 Å². The Bertz CT molecular complexity index is 755. The molecule has 0 saturated carbocycles. The minimum absolute atomic E-state index is 0.0576. The molecule has 0 radical (unpaired) electrons. The molecule has 0 atom stereocenters. The third kappa shape index (κ3) is 7.48. The van der Waals surface area contributed by atoms with E-state index in [2.05, 4.69) is 10.6 Å². The van der Waals surface area contributed by atoms with Gasteiger partial charge in [-0.25, -0.2) is 4.39 Å². The zero-order valence-corrected chi connectivity index (χ0v) is 15.7. The maximum Gasteiger partial charge on any atom is 0.251 e. The molecule has 0 aliphatic carbocycles. The second kappa shape index (κ2) is 10.3. The topological polar surface area (TPSA) is 67.4 Å². The number of rotatable bonds is 9. The molecule has 0 fully saturated rings. The lowest BCUT2D eigenvalue weighted by Crippen LogP contribution is -2.37. The van der Waals surface area contributed by atoms with E-state index in [1.807, 2.05) is 19.9 Å². The Morgan fingerprint density at radius 1 is 0.963 bits per heavy atom. The number of aryl methyl sites for hydroxylation is 2. The molecule has 0 heterocycles. The molecule has 2 rings (SSSR count). The standard InChI is InChI=1S/C21H25FN2O3/c1-15-11-16(2)13-17(12-15)21(26)24-14-20(25)23-9-3-4-10-27-19-7-5-18(22)6-8-19/h5-8,11-13H,3-4,9-10,14H2,1-2H3,(H,23,25)(H,24,26). The van der Waals surface area contributed by atoms with Gasteiger partial charge in [0.05, 0.1) is 13.2 Å². The predicted molar refractivity (Wildman–Crippen MR) is 102 cm³/mol. The van der Waals surface area contributed by atoms with E-state index in [-0.39, 0.29) is 24.2 Å². The molecule has 6 heteroatoms. The van der Waals surface area contributed by atoms with Crippen LogP contribution in [0.1, 0.15) is 34.3 Å². The Hall–Kier alpha value is -2.89. The van der Waals surface area contributed by atoms with Gasteiger partial charge >= 0.3 is 0 Å². The van der Waals surface area contributed by atoms with Gasteiger partial charge in [0.25, 0.3) is 5.91 Å². The van der Waals surface area contributed by atoms with E-state index in [0.717, 1.165) is 24.0 Å². The van der Waals surface area contributed by atoms with Crippen LogP contribution in [0, 0.1) is 19.7 Å². The van der Waals surface area contributed by atoms with E-state index >= 15 is 0 Å². The molecule has 2 amide bonds. The van der Waals surface area contributed by atoms with Gasteiger partial charge in [-0.15, -0.1) is 0 Å². The molecule has 27 heavy (non-hydrogen) atoms. The summed E-state index contributed by atoms with van der Waals surface area (Å²) < 4.78 is 18.3. The highest BCUT2D eigenvalue weighted by molar-refractivity contribution is 5.96. The van der Waals surface area contributed by atoms with Gasteiger partial charge in [0.15, 0.2) is 0 Å². The van der Waals surface area contributed by atoms with E-state index in [9.17, 15) is 14.0 Å². The minimum Gasteiger partial charge on any atom is -0.494 e. The largest absolute Gasteiger partial charge is 0.494 e. The number of halogens is 1. The molecule has 0 unspecified atom stereocenters. The quantitative estimate of drug-likeness (QED) is 0.665. The Kier molecular flexibility index (Phi) is 7.79. The molecule has 0 aromatic heterocycles. The van der Waals surface area contributed by atoms with E-state index in [4.69, 9.17) is 4.74 Å². The molecule has 144 valence electrons. The van der Waals surface area contributed by atoms with Gasteiger partial charge in [-0.2, -0.15) is 0 Å². The number of unbranched alkanes of at least 4 members (excludes halogenated alkanes) is 1. The van der Waals surface area contributed by atoms with Crippen LogP contribution in [0.3, 0.4) is 0 Å². The van der Waals surface area contributed by atoms with Crippen LogP contribution in [-0.2, 0) is 4.79 Å². The van der Waals surface area contributed by atoms with Gasteiger partial charge in [-0.05, 0) is 63.1 Å². The van der Waals surface area contributed by atoms with Crippen LogP contribution in [0.2, 0.25) is 0 Å². The first-order chi connectivity index (χ1) is 12.9. The fourth-order valence-electron chi connectivity index (χ4n) is 2.61. The van der Waals surface area contributed by atoms with Crippen LogP contribution in [0.5, 0.6) is 5.75 Å². The number of amides is 2. The van der Waals surface area contributed by atoms with Crippen LogP contribution in [-0.4, -0.2) is 31.5 Å². The molecule has 0 aliphatic heterocycles. The first kappa shape index (κ1) is 20.4. The number of ether oxygens (including phenoxy) is 1. The lowest BCUT2D eigenvalue weighted by molar-refractivity contribution is -0.120. The predicted octanol–water partition coefficient (Wildman–Crippen LogP) is 3.15. The highest BCUT2D eigenvalue weighted by Gasteiger charge is 2.08. The Morgan fingerprint density at radius 2 is 1.63 bits per heavy atom. The van der Waals surface area contributed by atoms with E-state index in [1.54, 1.807) is 24.3 Å². The second-order valence-electron chi connectivity index (χ2n) is 6.42. The molecule has 0 spiro atoms. The number of benzene rings is 2. The SMILES string of the molecule is Cc1cc(C)cc(C(=O)NCC(=O)NCCCCOc2ccc(F)cc2)c1. The number of carbonyl (C=O) groups is 2. The summed E-state index contributed by atoms with van der Waals surface area (Å²) in [5, 5.41) is 5.38. The zero-order valence-electron chi connectivity index (χ0n) is 15.7.